The van der Waals surface area contributed by atoms with Gasteiger partial charge >= 0.3 is 12.2 Å². The minimum absolute atomic E-state index is 0.0365. The third-order valence-electron chi connectivity index (χ3n) is 9.51. The van der Waals surface area contributed by atoms with E-state index < -0.39 is 68.9 Å². The van der Waals surface area contributed by atoms with Gasteiger partial charge in [-0.1, -0.05) is 23.9 Å². The normalized spacial score (nSPS) is 17.1. The van der Waals surface area contributed by atoms with E-state index in [1.54, 1.807) is 41.5 Å². The van der Waals surface area contributed by atoms with Crippen LogP contribution in [0.25, 0.3) is 12.2 Å². The Bertz CT molecular complexity index is 2040. The highest BCUT2D eigenvalue weighted by molar-refractivity contribution is 7.99. The van der Waals surface area contributed by atoms with Crippen LogP contribution in [0, 0.1) is 20.2 Å². The van der Waals surface area contributed by atoms with Crippen LogP contribution in [0.5, 0.6) is 0 Å². The van der Waals surface area contributed by atoms with Gasteiger partial charge in [-0.2, -0.15) is 0 Å². The number of hydrogen-bond donors (Lipinski definition) is 0. The summed E-state index contributed by atoms with van der Waals surface area (Å²) in [5, 5.41) is 24.4. The Morgan fingerprint density at radius 1 is 0.635 bits per heavy atom. The van der Waals surface area contributed by atoms with Crippen molar-refractivity contribution in [3.8, 4) is 0 Å². The number of likely N-dealkylation sites (N-methyl/N-ethyl adjacent to an activating group) is 2. The van der Waals surface area contributed by atoms with Gasteiger partial charge in [-0.25, -0.2) is 9.59 Å². The van der Waals surface area contributed by atoms with E-state index in [9.17, 15) is 49.0 Å². The van der Waals surface area contributed by atoms with Gasteiger partial charge in [0.2, 0.25) is 23.6 Å². The first-order valence-corrected chi connectivity index (χ1v) is 20.7. The number of carbonyl (C=O) groups excluding carboxylic acids is 6. The molecule has 2 fully saturated rings. The van der Waals surface area contributed by atoms with E-state index in [2.05, 4.69) is 0 Å². The van der Waals surface area contributed by atoms with E-state index in [1.807, 2.05) is 0 Å². The van der Waals surface area contributed by atoms with Crippen molar-refractivity contribution in [1.82, 2.24) is 29.4 Å². The molecule has 63 heavy (non-hydrogen) atoms. The van der Waals surface area contributed by atoms with E-state index in [-0.39, 0.29) is 71.6 Å². The number of nitrogens with zero attached hydrogens (tertiary/aromatic N) is 8. The van der Waals surface area contributed by atoms with E-state index >= 15 is 0 Å². The van der Waals surface area contributed by atoms with E-state index in [1.165, 1.54) is 118 Å². The molecule has 2 saturated heterocycles. The predicted molar refractivity (Wildman–Crippen MR) is 232 cm³/mol. The highest BCUT2D eigenvalue weighted by atomic mass is 32.2. The average molecular weight is 895 g/mol. The number of hydrogen-bond acceptors (Lipinski definition) is 13. The van der Waals surface area contributed by atoms with Gasteiger partial charge in [0.05, 0.1) is 32.7 Å². The molecule has 0 radical (unpaired) electrons. The van der Waals surface area contributed by atoms with Crippen LogP contribution < -0.4 is 0 Å². The van der Waals surface area contributed by atoms with Gasteiger partial charge in [-0.05, 0) is 77.0 Å². The zero-order chi connectivity index (χ0) is 47.1. The third-order valence-corrected chi connectivity index (χ3v) is 10.6. The SMILES string of the molecule is CN(C)C(=O)C1CN(C(=O)/C=C/c2ccc(Sc3ccc(/C=C/C(=O)N4CCN(C(=O)OC(C)(C)C)C(C(=O)N(C)C)C4)cc3[N+](=O)[O-])c([N+](=O)[O-])c2)CCN1C(=O)OC(C)(C)C. The number of nitro benzene ring substituents is 2. The first-order chi connectivity index (χ1) is 29.3. The summed E-state index contributed by atoms with van der Waals surface area (Å²) in [7, 11) is 6.15. The number of ether oxygens (including phenoxy) is 2. The molecular formula is C42H54N8O12S. The maximum Gasteiger partial charge on any atom is 0.411 e. The molecule has 0 N–H and O–H groups in total. The van der Waals surface area contributed by atoms with Crippen molar-refractivity contribution in [2.75, 3.05) is 67.5 Å². The molecule has 0 bridgehead atoms. The van der Waals surface area contributed by atoms with Gasteiger partial charge in [-0.3, -0.25) is 49.2 Å². The Labute approximate surface area is 369 Å². The lowest BCUT2D eigenvalue weighted by Gasteiger charge is -2.41. The van der Waals surface area contributed by atoms with E-state index in [0.29, 0.717) is 0 Å². The van der Waals surface area contributed by atoms with Gasteiger partial charge in [0.1, 0.15) is 23.3 Å². The lowest BCUT2D eigenvalue weighted by molar-refractivity contribution is -0.388. The molecule has 2 heterocycles. The van der Waals surface area contributed by atoms with Gasteiger partial charge in [0.15, 0.2) is 0 Å². The molecule has 0 spiro atoms. The lowest BCUT2D eigenvalue weighted by Crippen LogP contribution is -2.61. The molecule has 2 aliphatic heterocycles. The van der Waals surface area contributed by atoms with Crippen LogP contribution in [0.2, 0.25) is 0 Å². The molecule has 0 saturated carbocycles. The fourth-order valence-corrected chi connectivity index (χ4v) is 7.45. The summed E-state index contributed by atoms with van der Waals surface area (Å²) < 4.78 is 11.0. The van der Waals surface area contributed by atoms with Gasteiger partial charge < -0.3 is 29.1 Å². The summed E-state index contributed by atoms with van der Waals surface area (Å²) in [6, 6.07) is 6.30. The highest BCUT2D eigenvalue weighted by Gasteiger charge is 2.41. The standard InChI is InChI=1S/C42H54N8O12S/c1-41(2,3)61-39(55)47-21-19-45(25-31(47)37(53)43(7)8)35(51)17-13-27-11-15-33(29(23-27)49(57)58)63-34-16-12-28(24-30(34)50(59)60)14-18-36(52)46-20-22-48(40(56)62-42(4,5)6)32(26-46)38(54)44(9)10/h11-18,23-24,31-32H,19-22,25-26H2,1-10H3/b17-13+,18-14+. The molecule has 2 aromatic rings. The second kappa shape index (κ2) is 20.1. The van der Waals surface area contributed by atoms with Crippen LogP contribution in [0.3, 0.4) is 0 Å². The summed E-state index contributed by atoms with van der Waals surface area (Å²) in [5.74, 6) is -1.78. The number of amides is 6. The molecule has 2 unspecified atom stereocenters. The molecule has 20 nitrogen and oxygen atoms in total. The average Bonchev–Trinajstić information content (AvgIpc) is 3.19. The number of carbonyl (C=O) groups is 6. The third kappa shape index (κ3) is 13.2. The van der Waals surface area contributed by atoms with Gasteiger partial charge in [0.25, 0.3) is 11.4 Å². The molecule has 6 amide bonds. The molecule has 2 aromatic carbocycles. The summed E-state index contributed by atoms with van der Waals surface area (Å²) in [6.07, 6.45) is 3.80. The molecule has 4 rings (SSSR count). The molecule has 2 atom stereocenters. The van der Waals surface area contributed by atoms with E-state index in [4.69, 9.17) is 9.47 Å². The van der Waals surface area contributed by atoms with Crippen molar-refractivity contribution in [2.24, 2.45) is 0 Å². The summed E-state index contributed by atoms with van der Waals surface area (Å²) >= 11 is 0.792. The Kier molecular flexibility index (Phi) is 15.7. The van der Waals surface area contributed by atoms with Gasteiger partial charge in [-0.15, -0.1) is 0 Å². The molecule has 0 aliphatic carbocycles. The topological polar surface area (TPSA) is 227 Å². The van der Waals surface area contributed by atoms with Crippen LogP contribution in [0.1, 0.15) is 52.7 Å². The Morgan fingerprint density at radius 2 is 0.984 bits per heavy atom. The largest absolute Gasteiger partial charge is 0.444 e. The Balaban J connectivity index is 1.48. The Hall–Kier alpha value is -6.51. The first-order valence-electron chi connectivity index (χ1n) is 19.9. The highest BCUT2D eigenvalue weighted by Crippen LogP contribution is 2.40. The minimum Gasteiger partial charge on any atom is -0.444 e. The quantitative estimate of drug-likeness (QED) is 0.178. The maximum absolute atomic E-state index is 13.3. The molecule has 21 heteroatoms. The van der Waals surface area contributed by atoms with Crippen molar-refractivity contribution in [2.45, 2.75) is 74.6 Å². The van der Waals surface area contributed by atoms with Crippen LogP contribution in [-0.2, 0) is 28.7 Å². The molecule has 0 aromatic heterocycles. The summed E-state index contributed by atoms with van der Waals surface area (Å²) in [4.78, 5) is 110. The number of piperazine rings is 2. The molecular weight excluding hydrogens is 841 g/mol. The monoisotopic (exact) mass is 894 g/mol. The van der Waals surface area contributed by atoms with Crippen LogP contribution >= 0.6 is 11.8 Å². The zero-order valence-corrected chi connectivity index (χ0v) is 37.9. The number of rotatable bonds is 10. The second-order valence-electron chi connectivity index (χ2n) is 17.2. The summed E-state index contributed by atoms with van der Waals surface area (Å²) in [5.41, 5.74) is -1.78. The van der Waals surface area contributed by atoms with Crippen molar-refractivity contribution in [3.63, 3.8) is 0 Å². The van der Waals surface area contributed by atoms with Crippen LogP contribution in [0.4, 0.5) is 21.0 Å². The summed E-state index contributed by atoms with van der Waals surface area (Å²) in [6.45, 7) is 10.3. The first kappa shape index (κ1) is 49.1. The van der Waals surface area contributed by atoms with E-state index in [0.717, 1.165) is 11.8 Å². The van der Waals surface area contributed by atoms with Crippen molar-refractivity contribution in [3.05, 3.63) is 79.9 Å². The smallest absolute Gasteiger partial charge is 0.411 e. The maximum atomic E-state index is 13.3. The van der Waals surface area contributed by atoms with Crippen molar-refractivity contribution in [1.29, 1.82) is 0 Å². The second-order valence-corrected chi connectivity index (χ2v) is 18.2. The van der Waals surface area contributed by atoms with Crippen LogP contribution in [-0.4, -0.2) is 166 Å². The Morgan fingerprint density at radius 3 is 1.29 bits per heavy atom. The zero-order valence-electron chi connectivity index (χ0n) is 37.1. The number of nitro groups is 2. The predicted octanol–water partition coefficient (Wildman–Crippen LogP) is 4.75. The number of benzene rings is 2. The molecule has 2 aliphatic rings. The fourth-order valence-electron chi connectivity index (χ4n) is 6.46. The lowest BCUT2D eigenvalue weighted by atomic mass is 10.1. The van der Waals surface area contributed by atoms with Gasteiger partial charge in [0, 0.05) is 78.7 Å². The molecule has 340 valence electrons. The fraction of sp³-hybridized carbons (Fsp3) is 0.476. The van der Waals surface area contributed by atoms with Crippen molar-refractivity contribution >= 4 is 71.1 Å². The van der Waals surface area contributed by atoms with Crippen LogP contribution in [0.15, 0.2) is 58.3 Å². The minimum atomic E-state index is -0.996. The van der Waals surface area contributed by atoms with Crippen molar-refractivity contribution < 1.29 is 48.1 Å².